The number of hydrogen-bond donors (Lipinski definition) is 0. The van der Waals surface area contributed by atoms with Gasteiger partial charge in [0, 0.05) is 9.86 Å². The summed E-state index contributed by atoms with van der Waals surface area (Å²) < 4.78 is 18.3. The highest BCUT2D eigenvalue weighted by Crippen LogP contribution is 2.39. The quantitative estimate of drug-likeness (QED) is 0.176. The lowest BCUT2D eigenvalue weighted by atomic mass is 10.1. The van der Waals surface area contributed by atoms with Crippen molar-refractivity contribution >= 4 is 67.3 Å². The van der Waals surface area contributed by atoms with Gasteiger partial charge in [0.2, 0.25) is 0 Å². The fourth-order valence-corrected chi connectivity index (χ4v) is 5.51. The zero-order valence-corrected chi connectivity index (χ0v) is 24.0. The van der Waals surface area contributed by atoms with E-state index in [1.165, 1.54) is 12.0 Å². The molecule has 1 saturated heterocycles. The van der Waals surface area contributed by atoms with E-state index in [0.717, 1.165) is 32.6 Å². The van der Waals surface area contributed by atoms with Crippen LogP contribution in [0, 0.1) is 0 Å². The van der Waals surface area contributed by atoms with Gasteiger partial charge >= 0.3 is 0 Å². The molecule has 2 amide bonds. The summed E-state index contributed by atoms with van der Waals surface area (Å²) in [4.78, 5) is 27.1. The van der Waals surface area contributed by atoms with Crippen molar-refractivity contribution in [3.05, 3.63) is 104 Å². The van der Waals surface area contributed by atoms with E-state index in [2.05, 4.69) is 15.9 Å². The Balaban J connectivity index is 1.26. The highest BCUT2D eigenvalue weighted by molar-refractivity contribution is 9.10. The van der Waals surface area contributed by atoms with Crippen LogP contribution in [0.4, 0.5) is 4.79 Å². The molecule has 0 atom stereocenters. The molecular formula is C30H23BrClNO5S. The predicted molar refractivity (Wildman–Crippen MR) is 159 cm³/mol. The summed E-state index contributed by atoms with van der Waals surface area (Å²) in [5, 5.41) is 2.02. The molecule has 0 aromatic heterocycles. The molecule has 0 radical (unpaired) electrons. The number of ether oxygens (including phenoxy) is 3. The average molecular weight is 625 g/mol. The van der Waals surface area contributed by atoms with Gasteiger partial charge in [0.1, 0.15) is 19.0 Å². The van der Waals surface area contributed by atoms with Gasteiger partial charge in [0.05, 0.1) is 23.6 Å². The Labute approximate surface area is 243 Å². The van der Waals surface area contributed by atoms with Gasteiger partial charge in [-0.25, -0.2) is 0 Å². The van der Waals surface area contributed by atoms with Crippen LogP contribution in [0.25, 0.3) is 16.8 Å². The molecule has 0 saturated carbocycles. The standard InChI is InChI=1S/C30H23BrClNO5S/c1-36-26-16-20(15-24(32)28(26)38-18-19-9-11-22(31)12-10-19)17-27-29(34)33(30(35)39-27)13-14-37-25-8-4-6-21-5-2-3-7-23(21)25/h2-12,15-17H,13-14,18H2,1H3/b27-17-. The zero-order chi connectivity index (χ0) is 27.4. The number of amides is 2. The number of hydrogen-bond acceptors (Lipinski definition) is 6. The second kappa shape index (κ2) is 12.2. The summed E-state index contributed by atoms with van der Waals surface area (Å²) in [5.74, 6) is 1.16. The molecule has 39 heavy (non-hydrogen) atoms. The van der Waals surface area contributed by atoms with Crippen LogP contribution in [-0.2, 0) is 11.4 Å². The van der Waals surface area contributed by atoms with Crippen molar-refractivity contribution < 1.29 is 23.8 Å². The Hall–Kier alpha value is -3.46. The van der Waals surface area contributed by atoms with Crippen LogP contribution in [-0.4, -0.2) is 36.3 Å². The predicted octanol–water partition coefficient (Wildman–Crippen LogP) is 7.96. The average Bonchev–Trinajstić information content (AvgIpc) is 3.20. The van der Waals surface area contributed by atoms with Crippen molar-refractivity contribution in [2.75, 3.05) is 20.3 Å². The third-order valence-corrected chi connectivity index (χ3v) is 7.76. The summed E-state index contributed by atoms with van der Waals surface area (Å²) in [5.41, 5.74) is 1.59. The molecule has 0 unspecified atom stereocenters. The minimum atomic E-state index is -0.378. The molecule has 4 aromatic carbocycles. The van der Waals surface area contributed by atoms with Crippen LogP contribution >= 0.6 is 39.3 Å². The minimum Gasteiger partial charge on any atom is -0.493 e. The van der Waals surface area contributed by atoms with Crippen LogP contribution < -0.4 is 14.2 Å². The fraction of sp³-hybridized carbons (Fsp3) is 0.133. The molecule has 0 bridgehead atoms. The molecule has 1 aliphatic rings. The summed E-state index contributed by atoms with van der Waals surface area (Å²) in [6, 6.07) is 24.8. The Kier molecular flexibility index (Phi) is 8.45. The smallest absolute Gasteiger partial charge is 0.293 e. The highest BCUT2D eigenvalue weighted by Gasteiger charge is 2.35. The normalized spacial score (nSPS) is 14.3. The van der Waals surface area contributed by atoms with Crippen molar-refractivity contribution in [1.82, 2.24) is 4.90 Å². The Bertz CT molecular complexity index is 1570. The first kappa shape index (κ1) is 27.1. The van der Waals surface area contributed by atoms with Crippen LogP contribution in [0.3, 0.4) is 0 Å². The van der Waals surface area contributed by atoms with Crippen molar-refractivity contribution in [3.8, 4) is 17.2 Å². The maximum absolute atomic E-state index is 13.0. The number of carbonyl (C=O) groups excluding carboxylic acids is 2. The molecule has 5 rings (SSSR count). The summed E-state index contributed by atoms with van der Waals surface area (Å²) >= 11 is 10.8. The van der Waals surface area contributed by atoms with Gasteiger partial charge < -0.3 is 14.2 Å². The van der Waals surface area contributed by atoms with E-state index in [4.69, 9.17) is 25.8 Å². The lowest BCUT2D eigenvalue weighted by Crippen LogP contribution is -2.32. The topological polar surface area (TPSA) is 65.1 Å². The zero-order valence-electron chi connectivity index (χ0n) is 20.9. The summed E-state index contributed by atoms with van der Waals surface area (Å²) in [6.45, 7) is 0.629. The number of thioether (sulfide) groups is 1. The van der Waals surface area contributed by atoms with Gasteiger partial charge in [-0.15, -0.1) is 0 Å². The van der Waals surface area contributed by atoms with E-state index in [1.54, 1.807) is 18.2 Å². The Morgan fingerprint density at radius 1 is 0.949 bits per heavy atom. The van der Waals surface area contributed by atoms with Crippen LogP contribution in [0.5, 0.6) is 17.2 Å². The minimum absolute atomic E-state index is 0.137. The van der Waals surface area contributed by atoms with E-state index in [1.807, 2.05) is 66.7 Å². The van der Waals surface area contributed by atoms with Crippen molar-refractivity contribution in [2.24, 2.45) is 0 Å². The van der Waals surface area contributed by atoms with Gasteiger partial charge in [-0.2, -0.15) is 0 Å². The molecule has 4 aromatic rings. The highest BCUT2D eigenvalue weighted by atomic mass is 79.9. The molecule has 0 N–H and O–H groups in total. The molecule has 1 aliphatic heterocycles. The maximum atomic E-state index is 13.0. The molecule has 9 heteroatoms. The molecule has 0 spiro atoms. The van der Waals surface area contributed by atoms with Crippen LogP contribution in [0.1, 0.15) is 11.1 Å². The third-order valence-electron chi connectivity index (χ3n) is 6.04. The molecule has 1 fully saturated rings. The number of nitrogens with zero attached hydrogens (tertiary/aromatic N) is 1. The maximum Gasteiger partial charge on any atom is 0.293 e. The Morgan fingerprint density at radius 3 is 2.51 bits per heavy atom. The number of imide groups is 1. The van der Waals surface area contributed by atoms with Crippen molar-refractivity contribution in [2.45, 2.75) is 6.61 Å². The van der Waals surface area contributed by atoms with Gasteiger partial charge in [-0.1, -0.05) is 76.1 Å². The second-order valence-corrected chi connectivity index (χ2v) is 10.9. The molecule has 0 aliphatic carbocycles. The van der Waals surface area contributed by atoms with E-state index in [0.29, 0.717) is 39.3 Å². The number of carbonyl (C=O) groups is 2. The van der Waals surface area contributed by atoms with Gasteiger partial charge in [0.15, 0.2) is 11.5 Å². The molecule has 1 heterocycles. The largest absolute Gasteiger partial charge is 0.493 e. The molecular weight excluding hydrogens is 602 g/mol. The number of fused-ring (bicyclic) bond motifs is 1. The number of benzene rings is 4. The van der Waals surface area contributed by atoms with Gasteiger partial charge in [-0.05, 0) is 64.7 Å². The SMILES string of the molecule is COc1cc(/C=C2\SC(=O)N(CCOc3cccc4ccccc34)C2=O)cc(Cl)c1OCc1ccc(Br)cc1. The third kappa shape index (κ3) is 6.24. The van der Waals surface area contributed by atoms with Gasteiger partial charge in [0.25, 0.3) is 11.1 Å². The molecule has 6 nitrogen and oxygen atoms in total. The van der Waals surface area contributed by atoms with E-state index >= 15 is 0 Å². The van der Waals surface area contributed by atoms with Crippen LogP contribution in [0.2, 0.25) is 5.02 Å². The monoisotopic (exact) mass is 623 g/mol. The van der Waals surface area contributed by atoms with Crippen LogP contribution in [0.15, 0.2) is 88.2 Å². The van der Waals surface area contributed by atoms with E-state index < -0.39 is 0 Å². The summed E-state index contributed by atoms with van der Waals surface area (Å²) in [6.07, 6.45) is 1.63. The van der Waals surface area contributed by atoms with Crippen molar-refractivity contribution in [3.63, 3.8) is 0 Å². The first-order valence-corrected chi connectivity index (χ1v) is 14.0. The van der Waals surface area contributed by atoms with E-state index in [9.17, 15) is 9.59 Å². The second-order valence-electron chi connectivity index (χ2n) is 8.61. The lowest BCUT2D eigenvalue weighted by Gasteiger charge is -2.14. The number of methoxy groups -OCH3 is 1. The Morgan fingerprint density at radius 2 is 1.72 bits per heavy atom. The van der Waals surface area contributed by atoms with E-state index in [-0.39, 0.29) is 24.3 Å². The number of rotatable bonds is 9. The first-order chi connectivity index (χ1) is 18.9. The molecule has 198 valence electrons. The fourth-order valence-electron chi connectivity index (χ4n) is 4.11. The van der Waals surface area contributed by atoms with Crippen molar-refractivity contribution in [1.29, 1.82) is 0 Å². The van der Waals surface area contributed by atoms with Gasteiger partial charge in [-0.3, -0.25) is 14.5 Å². The first-order valence-electron chi connectivity index (χ1n) is 12.0. The summed E-state index contributed by atoms with van der Waals surface area (Å²) in [7, 11) is 1.52. The lowest BCUT2D eigenvalue weighted by molar-refractivity contribution is -0.123. The number of halogens is 2.